The largest absolute Gasteiger partial charge is 0.412 e. The van der Waals surface area contributed by atoms with E-state index in [0.29, 0.717) is 5.82 Å². The van der Waals surface area contributed by atoms with E-state index in [9.17, 15) is 4.79 Å². The minimum atomic E-state index is -0.346. The van der Waals surface area contributed by atoms with Gasteiger partial charge in [-0.25, -0.2) is 9.78 Å². The van der Waals surface area contributed by atoms with Gasteiger partial charge in [0.25, 0.3) is 0 Å². The van der Waals surface area contributed by atoms with E-state index >= 15 is 0 Å². The monoisotopic (exact) mass is 240 g/mol. The molecule has 0 aromatic carbocycles. The van der Waals surface area contributed by atoms with Crippen LogP contribution in [-0.4, -0.2) is 26.6 Å². The molecule has 0 spiro atoms. The van der Waals surface area contributed by atoms with Crippen LogP contribution in [-0.2, 0) is 24.3 Å². The summed E-state index contributed by atoms with van der Waals surface area (Å²) in [4.78, 5) is 18.9. The Morgan fingerprint density at radius 3 is 2.38 bits per heavy atom. The Kier molecular flexibility index (Phi) is 10.9. The molecule has 72 valence electrons. The summed E-state index contributed by atoms with van der Waals surface area (Å²) in [6.07, 6.45) is 3.15. The number of carbonyl (C=O) groups excluding carboxylic acids is 1. The van der Waals surface area contributed by atoms with Gasteiger partial charge in [-0.1, -0.05) is 0 Å². The van der Waals surface area contributed by atoms with E-state index in [1.54, 1.807) is 19.3 Å². The van der Waals surface area contributed by atoms with Gasteiger partial charge in [0.2, 0.25) is 0 Å². The fourth-order valence-corrected chi connectivity index (χ4v) is 0.602. The Balaban J connectivity index is -0.000000333. The molecule has 0 aliphatic carbocycles. The van der Waals surface area contributed by atoms with Crippen LogP contribution in [0.4, 0.5) is 0 Å². The number of carbonyl (C=O) groups is 1. The molecular weight excluding hydrogens is 229 g/mol. The molecule has 4 N–H and O–H groups in total. The predicted molar refractivity (Wildman–Crippen MR) is 41.5 cm³/mol. The van der Waals surface area contributed by atoms with Crippen molar-refractivity contribution in [2.75, 3.05) is 0 Å². The first-order valence-electron chi connectivity index (χ1n) is 2.89. The smallest absolute Gasteiger partial charge is 0.329 e. The Bertz CT molecular complexity index is 251. The molecule has 0 saturated carbocycles. The van der Waals surface area contributed by atoms with Crippen molar-refractivity contribution in [3.05, 3.63) is 18.2 Å². The van der Waals surface area contributed by atoms with E-state index in [2.05, 4.69) is 4.98 Å². The van der Waals surface area contributed by atoms with E-state index in [-0.39, 0.29) is 36.4 Å². The molecule has 1 rings (SSSR count). The summed E-state index contributed by atoms with van der Waals surface area (Å²) >= 11 is 0. The number of imidazole rings is 1. The minimum absolute atomic E-state index is 0. The van der Waals surface area contributed by atoms with Gasteiger partial charge in [-0.3, -0.25) is 0 Å². The van der Waals surface area contributed by atoms with E-state index in [0.717, 1.165) is 0 Å². The molecule has 1 aromatic rings. The molecule has 0 unspecified atom stereocenters. The van der Waals surface area contributed by atoms with Crippen molar-refractivity contribution >= 4 is 5.97 Å². The van der Waals surface area contributed by atoms with Crippen molar-refractivity contribution < 1.29 is 40.1 Å². The second-order valence-corrected chi connectivity index (χ2v) is 1.88. The second-order valence-electron chi connectivity index (χ2n) is 1.88. The average molecular weight is 242 g/mol. The van der Waals surface area contributed by atoms with Crippen LogP contribution in [0.2, 0.25) is 0 Å². The molecule has 0 bridgehead atoms. The molecular formula is C6H12N2O4Zn. The van der Waals surface area contributed by atoms with Gasteiger partial charge in [0.15, 0.2) is 0 Å². The van der Waals surface area contributed by atoms with Gasteiger partial charge in [-0.15, -0.1) is 0 Å². The normalized spacial score (nSPS) is 7.23. The van der Waals surface area contributed by atoms with Crippen LogP contribution >= 0.6 is 0 Å². The number of aromatic nitrogens is 2. The molecule has 0 atom stereocenters. The SMILES string of the molecule is CC(=O)On1ccnc1C.O.O.[Zn]. The average Bonchev–Trinajstić information content (AvgIpc) is 2.15. The number of hydrogen-bond donors (Lipinski definition) is 0. The maximum absolute atomic E-state index is 10.4. The molecule has 6 nitrogen and oxygen atoms in total. The molecule has 7 heteroatoms. The predicted octanol–water partition coefficient (Wildman–Crippen LogP) is -1.49. The quantitative estimate of drug-likeness (QED) is 0.559. The first-order valence-corrected chi connectivity index (χ1v) is 2.89. The molecule has 1 aromatic heterocycles. The van der Waals surface area contributed by atoms with Crippen LogP contribution < -0.4 is 4.84 Å². The number of nitrogens with zero attached hydrogens (tertiary/aromatic N) is 2. The third kappa shape index (κ3) is 5.46. The van der Waals surface area contributed by atoms with Gasteiger partial charge in [-0.2, -0.15) is 4.73 Å². The number of rotatable bonds is 1. The van der Waals surface area contributed by atoms with Crippen molar-refractivity contribution in [2.45, 2.75) is 13.8 Å². The van der Waals surface area contributed by atoms with E-state index in [1.807, 2.05) is 0 Å². The molecule has 1 heterocycles. The van der Waals surface area contributed by atoms with Gasteiger partial charge in [0, 0.05) is 32.6 Å². The topological polar surface area (TPSA) is 107 Å². The summed E-state index contributed by atoms with van der Waals surface area (Å²) in [6, 6.07) is 0. The second kappa shape index (κ2) is 7.85. The zero-order chi connectivity index (χ0) is 7.56. The fourth-order valence-electron chi connectivity index (χ4n) is 0.602. The van der Waals surface area contributed by atoms with E-state index in [4.69, 9.17) is 4.84 Å². The van der Waals surface area contributed by atoms with Crippen LogP contribution in [0.5, 0.6) is 0 Å². The third-order valence-corrected chi connectivity index (χ3v) is 1.01. The van der Waals surface area contributed by atoms with Crippen LogP contribution in [0, 0.1) is 6.92 Å². The van der Waals surface area contributed by atoms with Crippen LogP contribution in [0.1, 0.15) is 12.7 Å². The molecule has 0 radical (unpaired) electrons. The fraction of sp³-hybridized carbons (Fsp3) is 0.333. The van der Waals surface area contributed by atoms with Gasteiger partial charge < -0.3 is 15.8 Å². The van der Waals surface area contributed by atoms with Crippen molar-refractivity contribution in [1.82, 2.24) is 9.71 Å². The first kappa shape index (κ1) is 18.1. The molecule has 13 heavy (non-hydrogen) atoms. The Hall–Kier alpha value is -0.777. The van der Waals surface area contributed by atoms with Gasteiger partial charge in [0.05, 0.1) is 6.20 Å². The number of aryl methyl sites for hydroxylation is 1. The summed E-state index contributed by atoms with van der Waals surface area (Å²) in [6.45, 7) is 3.10. The van der Waals surface area contributed by atoms with E-state index < -0.39 is 0 Å². The van der Waals surface area contributed by atoms with Crippen LogP contribution in [0.25, 0.3) is 0 Å². The van der Waals surface area contributed by atoms with Gasteiger partial charge >= 0.3 is 5.97 Å². The Morgan fingerprint density at radius 2 is 2.08 bits per heavy atom. The summed E-state index contributed by atoms with van der Waals surface area (Å²) < 4.78 is 1.32. The standard InChI is InChI=1S/C6H8N2O2.2H2O.Zn/c1-5-7-3-4-8(5)10-6(2)9;;;/h3-4H,1-2H3;2*1H2;. The van der Waals surface area contributed by atoms with Crippen molar-refractivity contribution in [3.63, 3.8) is 0 Å². The Labute approximate surface area is 88.2 Å². The van der Waals surface area contributed by atoms with Crippen molar-refractivity contribution in [1.29, 1.82) is 0 Å². The summed E-state index contributed by atoms with van der Waals surface area (Å²) in [5.41, 5.74) is 0. The molecule has 0 fully saturated rings. The molecule has 0 amide bonds. The number of hydrogen-bond acceptors (Lipinski definition) is 3. The van der Waals surface area contributed by atoms with Crippen LogP contribution in [0.15, 0.2) is 12.4 Å². The first-order chi connectivity index (χ1) is 4.70. The zero-order valence-electron chi connectivity index (χ0n) is 7.57. The summed E-state index contributed by atoms with van der Waals surface area (Å²) in [5.74, 6) is 0.316. The van der Waals surface area contributed by atoms with E-state index in [1.165, 1.54) is 11.7 Å². The molecule has 0 aliphatic rings. The van der Waals surface area contributed by atoms with Crippen molar-refractivity contribution in [2.24, 2.45) is 0 Å². The zero-order valence-corrected chi connectivity index (χ0v) is 10.5. The minimum Gasteiger partial charge on any atom is -0.412 e. The maximum atomic E-state index is 10.4. The Morgan fingerprint density at radius 1 is 1.54 bits per heavy atom. The van der Waals surface area contributed by atoms with Crippen molar-refractivity contribution in [3.8, 4) is 0 Å². The summed E-state index contributed by atoms with van der Waals surface area (Å²) in [7, 11) is 0. The third-order valence-electron chi connectivity index (χ3n) is 1.01. The van der Waals surface area contributed by atoms with Gasteiger partial charge in [-0.05, 0) is 6.92 Å². The van der Waals surface area contributed by atoms with Gasteiger partial charge in [0.1, 0.15) is 5.82 Å². The van der Waals surface area contributed by atoms with Crippen LogP contribution in [0.3, 0.4) is 0 Å². The summed E-state index contributed by atoms with van der Waals surface area (Å²) in [5, 5.41) is 0. The molecule has 0 saturated heterocycles. The molecule has 0 aliphatic heterocycles. The maximum Gasteiger partial charge on any atom is 0.329 e.